The van der Waals surface area contributed by atoms with Crippen LogP contribution in [-0.2, 0) is 9.53 Å². The molecule has 6 nitrogen and oxygen atoms in total. The van der Waals surface area contributed by atoms with Gasteiger partial charge in [0, 0.05) is 12.1 Å². The summed E-state index contributed by atoms with van der Waals surface area (Å²) in [6, 6.07) is 11.5. The van der Waals surface area contributed by atoms with Crippen molar-refractivity contribution >= 4 is 17.7 Å². The highest BCUT2D eigenvalue weighted by atomic mass is 19.1. The number of nitrogens with zero attached hydrogens (tertiary/aromatic N) is 1. The number of esters is 1. The molecule has 0 fully saturated rings. The number of hydrogen-bond donors (Lipinski definition) is 0. The first-order chi connectivity index (χ1) is 11.6. The lowest BCUT2D eigenvalue weighted by Gasteiger charge is -2.06. The lowest BCUT2D eigenvalue weighted by Crippen LogP contribution is -2.10. The van der Waals surface area contributed by atoms with E-state index in [1.165, 1.54) is 42.5 Å². The molecule has 0 saturated carbocycles. The Labute approximate surface area is 137 Å². The smallest absolute Gasteiger partial charge is 0.330 e. The molecule has 124 valence electrons. The molecule has 0 spiro atoms. The van der Waals surface area contributed by atoms with Crippen LogP contribution in [0.2, 0.25) is 0 Å². The molecular weight excluding hydrogens is 317 g/mol. The fourth-order valence-electron chi connectivity index (χ4n) is 1.83. The van der Waals surface area contributed by atoms with Gasteiger partial charge in [0.1, 0.15) is 24.8 Å². The Morgan fingerprint density at radius 3 is 2.54 bits per heavy atom. The van der Waals surface area contributed by atoms with Gasteiger partial charge in [-0.2, -0.15) is 0 Å². The third-order valence-corrected chi connectivity index (χ3v) is 2.94. The van der Waals surface area contributed by atoms with Crippen molar-refractivity contribution in [1.82, 2.24) is 0 Å². The molecule has 2 aromatic carbocycles. The number of rotatable bonds is 7. The van der Waals surface area contributed by atoms with E-state index in [-0.39, 0.29) is 24.7 Å². The third kappa shape index (κ3) is 5.20. The largest absolute Gasteiger partial charge is 0.490 e. The number of benzene rings is 2. The van der Waals surface area contributed by atoms with Gasteiger partial charge in [0.25, 0.3) is 5.69 Å². The van der Waals surface area contributed by atoms with Crippen LogP contribution in [0.4, 0.5) is 10.1 Å². The SMILES string of the molecule is O=C(/C=C/c1ccccc1[N+](=O)[O-])OCCOc1ccc(F)cc1. The predicted molar refractivity (Wildman–Crippen MR) is 85.0 cm³/mol. The fourth-order valence-corrected chi connectivity index (χ4v) is 1.83. The van der Waals surface area contributed by atoms with Crippen LogP contribution >= 0.6 is 0 Å². The predicted octanol–water partition coefficient (Wildman–Crippen LogP) is 3.37. The monoisotopic (exact) mass is 331 g/mol. The second-order valence-electron chi connectivity index (χ2n) is 4.62. The van der Waals surface area contributed by atoms with E-state index in [2.05, 4.69) is 0 Å². The summed E-state index contributed by atoms with van der Waals surface area (Å²) >= 11 is 0. The molecule has 0 saturated heterocycles. The van der Waals surface area contributed by atoms with E-state index in [1.54, 1.807) is 12.1 Å². The molecule has 7 heteroatoms. The summed E-state index contributed by atoms with van der Waals surface area (Å²) < 4.78 is 22.9. The maximum atomic E-state index is 12.7. The number of ether oxygens (including phenoxy) is 2. The molecule has 2 aromatic rings. The number of para-hydroxylation sites is 1. The van der Waals surface area contributed by atoms with Crippen LogP contribution in [0.1, 0.15) is 5.56 Å². The summed E-state index contributed by atoms with van der Waals surface area (Å²) in [5.74, 6) is -0.548. The van der Waals surface area contributed by atoms with Crippen molar-refractivity contribution in [2.24, 2.45) is 0 Å². The van der Waals surface area contributed by atoms with Crippen LogP contribution in [0.15, 0.2) is 54.6 Å². The zero-order valence-corrected chi connectivity index (χ0v) is 12.6. The van der Waals surface area contributed by atoms with Gasteiger partial charge in [-0.1, -0.05) is 12.1 Å². The van der Waals surface area contributed by atoms with Crippen molar-refractivity contribution in [3.05, 3.63) is 76.1 Å². The van der Waals surface area contributed by atoms with Crippen LogP contribution in [0.3, 0.4) is 0 Å². The lowest BCUT2D eigenvalue weighted by molar-refractivity contribution is -0.385. The summed E-state index contributed by atoms with van der Waals surface area (Å²) in [6.45, 7) is 0.105. The number of carbonyl (C=O) groups excluding carboxylic acids is 1. The van der Waals surface area contributed by atoms with Gasteiger partial charge < -0.3 is 9.47 Å². The summed E-state index contributed by atoms with van der Waals surface area (Å²) in [7, 11) is 0. The summed E-state index contributed by atoms with van der Waals surface area (Å²) in [5, 5.41) is 10.8. The molecule has 24 heavy (non-hydrogen) atoms. The average Bonchev–Trinajstić information content (AvgIpc) is 2.58. The standard InChI is InChI=1S/C17H14FNO5/c18-14-6-8-15(9-7-14)23-11-12-24-17(20)10-5-13-3-1-2-4-16(13)19(21)22/h1-10H,11-12H2/b10-5+. The number of hydrogen-bond acceptors (Lipinski definition) is 5. The van der Waals surface area contributed by atoms with E-state index in [0.717, 1.165) is 6.08 Å². The zero-order valence-electron chi connectivity index (χ0n) is 12.6. The normalized spacial score (nSPS) is 10.5. The van der Waals surface area contributed by atoms with Crippen molar-refractivity contribution in [3.8, 4) is 5.75 Å². The van der Waals surface area contributed by atoms with Crippen molar-refractivity contribution < 1.29 is 23.6 Å². The molecule has 0 aliphatic rings. The van der Waals surface area contributed by atoms with Gasteiger partial charge in [-0.05, 0) is 36.4 Å². The van der Waals surface area contributed by atoms with Crippen molar-refractivity contribution in [1.29, 1.82) is 0 Å². The first-order valence-electron chi connectivity index (χ1n) is 7.03. The van der Waals surface area contributed by atoms with E-state index in [0.29, 0.717) is 11.3 Å². The molecule has 0 bridgehead atoms. The van der Waals surface area contributed by atoms with Gasteiger partial charge in [-0.15, -0.1) is 0 Å². The zero-order chi connectivity index (χ0) is 17.4. The van der Waals surface area contributed by atoms with Crippen LogP contribution in [-0.4, -0.2) is 24.1 Å². The van der Waals surface area contributed by atoms with Gasteiger partial charge in [-0.3, -0.25) is 10.1 Å². The van der Waals surface area contributed by atoms with Gasteiger partial charge in [0.15, 0.2) is 0 Å². The van der Waals surface area contributed by atoms with Crippen molar-refractivity contribution in [2.45, 2.75) is 0 Å². The van der Waals surface area contributed by atoms with Crippen LogP contribution in [0.5, 0.6) is 5.75 Å². The van der Waals surface area contributed by atoms with Crippen LogP contribution in [0.25, 0.3) is 6.08 Å². The highest BCUT2D eigenvalue weighted by Crippen LogP contribution is 2.18. The topological polar surface area (TPSA) is 78.7 Å². The fraction of sp³-hybridized carbons (Fsp3) is 0.118. The molecule has 0 heterocycles. The first kappa shape index (κ1) is 17.1. The van der Waals surface area contributed by atoms with Crippen molar-refractivity contribution in [2.75, 3.05) is 13.2 Å². The van der Waals surface area contributed by atoms with Gasteiger partial charge in [0.05, 0.1) is 10.5 Å². The Morgan fingerprint density at radius 1 is 1.12 bits per heavy atom. The Kier molecular flexibility index (Phi) is 6.01. The Bertz CT molecular complexity index is 743. The molecule has 0 aromatic heterocycles. The summed E-state index contributed by atoms with van der Waals surface area (Å²) in [4.78, 5) is 21.9. The highest BCUT2D eigenvalue weighted by Gasteiger charge is 2.09. The summed E-state index contributed by atoms with van der Waals surface area (Å²) in [6.07, 6.45) is 2.43. The van der Waals surface area contributed by atoms with Crippen LogP contribution < -0.4 is 4.74 Å². The molecule has 0 radical (unpaired) electrons. The number of carbonyl (C=O) groups is 1. The number of halogens is 1. The van der Waals surface area contributed by atoms with Gasteiger partial charge in [-0.25, -0.2) is 9.18 Å². The van der Waals surface area contributed by atoms with Gasteiger partial charge >= 0.3 is 5.97 Å². The Hall–Kier alpha value is -3.22. The summed E-state index contributed by atoms with van der Waals surface area (Å²) in [5.41, 5.74) is 0.211. The second-order valence-corrected chi connectivity index (χ2v) is 4.62. The van der Waals surface area contributed by atoms with E-state index in [9.17, 15) is 19.3 Å². The van der Waals surface area contributed by atoms with E-state index < -0.39 is 10.9 Å². The van der Waals surface area contributed by atoms with E-state index in [1.807, 2.05) is 0 Å². The molecule has 0 aliphatic heterocycles. The molecule has 0 N–H and O–H groups in total. The minimum atomic E-state index is -0.643. The van der Waals surface area contributed by atoms with Gasteiger partial charge in [0.2, 0.25) is 0 Å². The van der Waals surface area contributed by atoms with Crippen molar-refractivity contribution in [3.63, 3.8) is 0 Å². The molecule has 0 atom stereocenters. The second kappa shape index (κ2) is 8.42. The molecule has 0 amide bonds. The minimum absolute atomic E-state index is 0.00255. The minimum Gasteiger partial charge on any atom is -0.490 e. The van der Waals surface area contributed by atoms with E-state index >= 15 is 0 Å². The Balaban J connectivity index is 1.79. The third-order valence-electron chi connectivity index (χ3n) is 2.94. The number of nitro groups is 1. The molecule has 2 rings (SSSR count). The molecule has 0 aliphatic carbocycles. The lowest BCUT2D eigenvalue weighted by atomic mass is 10.1. The quantitative estimate of drug-likeness (QED) is 0.255. The molecule has 0 unspecified atom stereocenters. The Morgan fingerprint density at radius 2 is 1.83 bits per heavy atom. The maximum Gasteiger partial charge on any atom is 0.330 e. The highest BCUT2D eigenvalue weighted by molar-refractivity contribution is 5.87. The first-order valence-corrected chi connectivity index (χ1v) is 7.03. The van der Waals surface area contributed by atoms with Crippen LogP contribution in [0, 0.1) is 15.9 Å². The number of nitro benzene ring substituents is 1. The average molecular weight is 331 g/mol. The van der Waals surface area contributed by atoms with E-state index in [4.69, 9.17) is 9.47 Å². The molecular formula is C17H14FNO5. The maximum absolute atomic E-state index is 12.7.